The molecule has 0 aromatic carbocycles. The fraction of sp³-hybridized carbons (Fsp3) is 0. The van der Waals surface area contributed by atoms with Crippen molar-refractivity contribution < 1.29 is 4.39 Å². The maximum absolute atomic E-state index is 12.5. The van der Waals surface area contributed by atoms with Gasteiger partial charge in [0.25, 0.3) is 0 Å². The molecule has 0 aliphatic heterocycles. The van der Waals surface area contributed by atoms with E-state index in [4.69, 9.17) is 0 Å². The molecule has 11 heavy (non-hydrogen) atoms. The monoisotopic (exact) mass is 147 g/mol. The van der Waals surface area contributed by atoms with E-state index >= 15 is 0 Å². The molecule has 0 saturated carbocycles. The Balaban J connectivity index is 2.83. The first-order valence-electron chi connectivity index (χ1n) is 3.15. The lowest BCUT2D eigenvalue weighted by atomic mass is 10.3. The third-order valence-electron chi connectivity index (χ3n) is 1.37. The Labute approximate surface area is 62.7 Å². The van der Waals surface area contributed by atoms with Crippen molar-refractivity contribution >= 4 is 11.0 Å². The maximum Gasteiger partial charge on any atom is 0.213 e. The molecule has 0 spiro atoms. The van der Waals surface area contributed by atoms with E-state index in [1.54, 1.807) is 18.2 Å². The Kier molecular flexibility index (Phi) is 1.28. The Hall–Kier alpha value is -1.51. The predicted molar refractivity (Wildman–Crippen MR) is 38.3 cm³/mol. The number of pyridine rings is 2. The zero-order chi connectivity index (χ0) is 7.68. The summed E-state index contributed by atoms with van der Waals surface area (Å²) in [4.78, 5) is 7.49. The van der Waals surface area contributed by atoms with Gasteiger partial charge >= 0.3 is 0 Å². The molecule has 3 heteroatoms. The van der Waals surface area contributed by atoms with Crippen LogP contribution < -0.4 is 0 Å². The van der Waals surface area contributed by atoms with Crippen molar-refractivity contribution in [3.8, 4) is 0 Å². The number of hydrogen-bond donors (Lipinski definition) is 0. The molecule has 0 saturated heterocycles. The van der Waals surface area contributed by atoms with Crippen LogP contribution in [0.25, 0.3) is 11.0 Å². The molecule has 0 aliphatic carbocycles. The standard InChI is InChI=1S/C8H4FN2/c9-8-4-3-6-7(11-8)2-1-5-10-6/h1-4H. The Morgan fingerprint density at radius 2 is 2.09 bits per heavy atom. The predicted octanol–water partition coefficient (Wildman–Crippen LogP) is 1.57. The van der Waals surface area contributed by atoms with Crippen LogP contribution in [0.15, 0.2) is 24.3 Å². The molecular formula is C8H4FN2. The van der Waals surface area contributed by atoms with Gasteiger partial charge < -0.3 is 0 Å². The van der Waals surface area contributed by atoms with Crippen LogP contribution in [-0.2, 0) is 0 Å². The van der Waals surface area contributed by atoms with E-state index in [-0.39, 0.29) is 0 Å². The second-order valence-electron chi connectivity index (χ2n) is 2.11. The summed E-state index contributed by atoms with van der Waals surface area (Å²) < 4.78 is 12.5. The Bertz CT molecular complexity index is 387. The van der Waals surface area contributed by atoms with E-state index in [0.29, 0.717) is 11.0 Å². The zero-order valence-electron chi connectivity index (χ0n) is 5.58. The topological polar surface area (TPSA) is 25.8 Å². The Morgan fingerprint density at radius 3 is 3.00 bits per heavy atom. The SMILES string of the molecule is Fc1ccc2n[c]ccc2n1. The average molecular weight is 147 g/mol. The molecule has 2 nitrogen and oxygen atoms in total. The molecule has 1 radical (unpaired) electrons. The molecule has 2 aromatic rings. The zero-order valence-corrected chi connectivity index (χ0v) is 5.58. The van der Waals surface area contributed by atoms with Crippen molar-refractivity contribution in [2.45, 2.75) is 0 Å². The van der Waals surface area contributed by atoms with Gasteiger partial charge in [-0.3, -0.25) is 0 Å². The highest BCUT2D eigenvalue weighted by molar-refractivity contribution is 5.72. The minimum absolute atomic E-state index is 0.481. The van der Waals surface area contributed by atoms with E-state index < -0.39 is 5.95 Å². The summed E-state index contributed by atoms with van der Waals surface area (Å²) >= 11 is 0. The fourth-order valence-corrected chi connectivity index (χ4v) is 0.883. The fourth-order valence-electron chi connectivity index (χ4n) is 0.883. The summed E-state index contributed by atoms with van der Waals surface area (Å²) in [6.07, 6.45) is 2.64. The van der Waals surface area contributed by atoms with Crippen molar-refractivity contribution in [3.05, 3.63) is 36.4 Å². The summed E-state index contributed by atoms with van der Waals surface area (Å²) in [6.45, 7) is 0. The number of halogens is 1. The summed E-state index contributed by atoms with van der Waals surface area (Å²) in [6, 6.07) is 6.14. The average Bonchev–Trinajstić information content (AvgIpc) is 2.04. The van der Waals surface area contributed by atoms with Crippen LogP contribution in [0, 0.1) is 12.1 Å². The lowest BCUT2D eigenvalue weighted by Gasteiger charge is -1.92. The second kappa shape index (κ2) is 2.27. The van der Waals surface area contributed by atoms with E-state index in [9.17, 15) is 4.39 Å². The van der Waals surface area contributed by atoms with Crippen LogP contribution in [0.3, 0.4) is 0 Å². The molecule has 2 heterocycles. The smallest absolute Gasteiger partial charge is 0.213 e. The van der Waals surface area contributed by atoms with Crippen molar-refractivity contribution in [3.63, 3.8) is 0 Å². The highest BCUT2D eigenvalue weighted by atomic mass is 19.1. The normalized spacial score (nSPS) is 10.3. The summed E-state index contributed by atoms with van der Waals surface area (Å²) in [5.74, 6) is -0.481. The van der Waals surface area contributed by atoms with Gasteiger partial charge in [0, 0.05) is 0 Å². The second-order valence-corrected chi connectivity index (χ2v) is 2.11. The van der Waals surface area contributed by atoms with Gasteiger partial charge in [-0.1, -0.05) is 0 Å². The molecule has 0 unspecified atom stereocenters. The Morgan fingerprint density at radius 1 is 1.18 bits per heavy atom. The highest BCUT2D eigenvalue weighted by Gasteiger charge is 1.95. The maximum atomic E-state index is 12.5. The van der Waals surface area contributed by atoms with Gasteiger partial charge in [0.15, 0.2) is 0 Å². The van der Waals surface area contributed by atoms with Crippen LogP contribution >= 0.6 is 0 Å². The van der Waals surface area contributed by atoms with Gasteiger partial charge in [0.2, 0.25) is 5.95 Å². The van der Waals surface area contributed by atoms with Gasteiger partial charge in [-0.2, -0.15) is 4.39 Å². The van der Waals surface area contributed by atoms with Crippen LogP contribution in [0.4, 0.5) is 4.39 Å². The molecule has 53 valence electrons. The van der Waals surface area contributed by atoms with Crippen LogP contribution in [0.2, 0.25) is 0 Å². The van der Waals surface area contributed by atoms with Crippen molar-refractivity contribution in [2.24, 2.45) is 0 Å². The van der Waals surface area contributed by atoms with Gasteiger partial charge in [-0.25, -0.2) is 9.97 Å². The lowest BCUT2D eigenvalue weighted by molar-refractivity contribution is 0.589. The van der Waals surface area contributed by atoms with E-state index in [1.807, 2.05) is 0 Å². The molecule has 0 amide bonds. The van der Waals surface area contributed by atoms with E-state index in [0.717, 1.165) is 0 Å². The van der Waals surface area contributed by atoms with Gasteiger partial charge in [-0.05, 0) is 24.3 Å². The van der Waals surface area contributed by atoms with Crippen molar-refractivity contribution in [2.75, 3.05) is 0 Å². The number of hydrogen-bond acceptors (Lipinski definition) is 2. The van der Waals surface area contributed by atoms with Crippen LogP contribution in [0.5, 0.6) is 0 Å². The van der Waals surface area contributed by atoms with E-state index in [1.165, 1.54) is 6.07 Å². The molecule has 0 N–H and O–H groups in total. The third-order valence-corrected chi connectivity index (χ3v) is 1.37. The quantitative estimate of drug-likeness (QED) is 0.528. The largest absolute Gasteiger partial charge is 0.244 e. The minimum Gasteiger partial charge on any atom is -0.244 e. The summed E-state index contributed by atoms with van der Waals surface area (Å²) in [5, 5.41) is 0. The molecule has 0 aliphatic rings. The first kappa shape index (κ1) is 6.22. The molecule has 0 atom stereocenters. The van der Waals surface area contributed by atoms with Crippen LogP contribution in [0.1, 0.15) is 0 Å². The molecule has 0 bridgehead atoms. The van der Waals surface area contributed by atoms with E-state index in [2.05, 4.69) is 16.2 Å². The van der Waals surface area contributed by atoms with Crippen molar-refractivity contribution in [1.29, 1.82) is 0 Å². The lowest BCUT2D eigenvalue weighted by Crippen LogP contribution is -1.84. The van der Waals surface area contributed by atoms with Crippen LogP contribution in [-0.4, -0.2) is 9.97 Å². The number of rotatable bonds is 0. The first-order valence-corrected chi connectivity index (χ1v) is 3.15. The third kappa shape index (κ3) is 1.05. The van der Waals surface area contributed by atoms with Gasteiger partial charge in [0.1, 0.15) is 0 Å². The molecular weight excluding hydrogens is 143 g/mol. The minimum atomic E-state index is -0.481. The number of nitrogens with zero attached hydrogens (tertiary/aromatic N) is 2. The number of aromatic nitrogens is 2. The molecule has 0 fully saturated rings. The molecule has 2 rings (SSSR count). The van der Waals surface area contributed by atoms with Gasteiger partial charge in [0.05, 0.1) is 17.2 Å². The van der Waals surface area contributed by atoms with Gasteiger partial charge in [-0.15, -0.1) is 0 Å². The molecule has 2 aromatic heterocycles. The highest BCUT2D eigenvalue weighted by Crippen LogP contribution is 2.06. The first-order chi connectivity index (χ1) is 5.36. The number of fused-ring (bicyclic) bond motifs is 1. The van der Waals surface area contributed by atoms with Crippen molar-refractivity contribution in [1.82, 2.24) is 9.97 Å². The summed E-state index contributed by atoms with van der Waals surface area (Å²) in [7, 11) is 0. The summed E-state index contributed by atoms with van der Waals surface area (Å²) in [5.41, 5.74) is 1.22.